The quantitative estimate of drug-likeness (QED) is 0.320. The Morgan fingerprint density at radius 1 is 1.03 bits per heavy atom. The molecule has 0 fully saturated rings. The van der Waals surface area contributed by atoms with Crippen molar-refractivity contribution in [2.75, 3.05) is 5.73 Å². The Hall–Kier alpha value is -3.67. The monoisotopic (exact) mass is 467 g/mol. The fourth-order valence-corrected chi connectivity index (χ4v) is 4.95. The summed E-state index contributed by atoms with van der Waals surface area (Å²) >= 11 is 0. The number of nitrogens with one attached hydrogen (secondary N) is 1. The van der Waals surface area contributed by atoms with E-state index < -0.39 is 0 Å². The molecule has 180 valence electrons. The van der Waals surface area contributed by atoms with Gasteiger partial charge in [0.1, 0.15) is 16.9 Å². The Kier molecular flexibility index (Phi) is 6.80. The van der Waals surface area contributed by atoms with Crippen molar-refractivity contribution in [2.45, 2.75) is 64.5 Å². The lowest BCUT2D eigenvalue weighted by Crippen LogP contribution is -2.33. The third-order valence-electron chi connectivity index (χ3n) is 6.95. The maximum Gasteiger partial charge on any atom is 0.257 e. The van der Waals surface area contributed by atoms with Crippen LogP contribution in [0.4, 0.5) is 5.82 Å². The minimum atomic E-state index is -0.187. The second-order valence-corrected chi connectivity index (χ2v) is 9.55. The first-order valence-corrected chi connectivity index (χ1v) is 12.7. The SMILES string of the molecule is C[C@@H](CCc1ccccc1)NC(=O)c1c(N)n(CCC2=CCCCC2)c2nc3ccccc3nc12. The van der Waals surface area contributed by atoms with Crippen molar-refractivity contribution in [3.8, 4) is 0 Å². The predicted molar refractivity (Wildman–Crippen MR) is 142 cm³/mol. The van der Waals surface area contributed by atoms with E-state index in [9.17, 15) is 4.79 Å². The van der Waals surface area contributed by atoms with Crippen LogP contribution in [0.2, 0.25) is 0 Å². The van der Waals surface area contributed by atoms with Crippen molar-refractivity contribution in [2.24, 2.45) is 0 Å². The van der Waals surface area contributed by atoms with Gasteiger partial charge < -0.3 is 15.6 Å². The molecule has 35 heavy (non-hydrogen) atoms. The number of benzene rings is 2. The van der Waals surface area contributed by atoms with Crippen LogP contribution in [0.3, 0.4) is 0 Å². The molecule has 6 heteroatoms. The van der Waals surface area contributed by atoms with E-state index >= 15 is 0 Å². The van der Waals surface area contributed by atoms with Gasteiger partial charge in [-0.05, 0) is 69.6 Å². The van der Waals surface area contributed by atoms with Gasteiger partial charge in [-0.15, -0.1) is 0 Å². The average Bonchev–Trinajstić information content (AvgIpc) is 3.16. The Balaban J connectivity index is 1.43. The number of hydrogen-bond donors (Lipinski definition) is 2. The largest absolute Gasteiger partial charge is 0.384 e. The van der Waals surface area contributed by atoms with E-state index in [1.54, 1.807) is 0 Å². The topological polar surface area (TPSA) is 85.8 Å². The number of aromatic nitrogens is 3. The molecule has 5 rings (SSSR count). The van der Waals surface area contributed by atoms with Crippen molar-refractivity contribution in [3.05, 3.63) is 77.4 Å². The van der Waals surface area contributed by atoms with E-state index in [0.29, 0.717) is 29.1 Å². The highest BCUT2D eigenvalue weighted by Crippen LogP contribution is 2.30. The number of fused-ring (bicyclic) bond motifs is 2. The maximum absolute atomic E-state index is 13.5. The number of amides is 1. The first-order chi connectivity index (χ1) is 17.1. The molecule has 1 aliphatic rings. The Morgan fingerprint density at radius 3 is 2.51 bits per heavy atom. The van der Waals surface area contributed by atoms with Gasteiger partial charge in [0, 0.05) is 12.6 Å². The standard InChI is InChI=1S/C29H33N5O/c1-20(16-17-21-10-4-2-5-11-21)31-29(35)25-26-28(33-24-15-9-8-14-23(24)32-26)34(27(25)30)19-18-22-12-6-3-7-13-22/h2,4-5,8-12,14-15,20H,3,6-7,13,16-19,30H2,1H3,(H,31,35)/t20-/m0/s1. The van der Waals surface area contributed by atoms with Gasteiger partial charge in [-0.3, -0.25) is 4.79 Å². The number of nitrogen functional groups attached to an aromatic ring is 1. The molecular formula is C29H33N5O. The highest BCUT2D eigenvalue weighted by Gasteiger charge is 2.25. The normalized spacial score (nSPS) is 14.7. The molecule has 2 aromatic heterocycles. The summed E-state index contributed by atoms with van der Waals surface area (Å²) in [7, 11) is 0. The summed E-state index contributed by atoms with van der Waals surface area (Å²) in [6, 6.07) is 18.1. The highest BCUT2D eigenvalue weighted by atomic mass is 16.1. The molecule has 0 radical (unpaired) electrons. The summed E-state index contributed by atoms with van der Waals surface area (Å²) in [4.78, 5) is 23.2. The summed E-state index contributed by atoms with van der Waals surface area (Å²) < 4.78 is 1.98. The molecule has 0 bridgehead atoms. The fraction of sp³-hybridized carbons (Fsp3) is 0.345. The maximum atomic E-state index is 13.5. The van der Waals surface area contributed by atoms with Gasteiger partial charge >= 0.3 is 0 Å². The summed E-state index contributed by atoms with van der Waals surface area (Å²) in [6.45, 7) is 2.73. The van der Waals surface area contributed by atoms with E-state index in [2.05, 4.69) is 23.5 Å². The van der Waals surface area contributed by atoms with Crippen molar-refractivity contribution in [1.29, 1.82) is 0 Å². The smallest absolute Gasteiger partial charge is 0.257 e. The molecule has 0 spiro atoms. The minimum absolute atomic E-state index is 0.00122. The van der Waals surface area contributed by atoms with Crippen LogP contribution in [0.25, 0.3) is 22.2 Å². The first kappa shape index (κ1) is 23.1. The molecule has 1 amide bonds. The third kappa shape index (κ3) is 5.06. The fourth-order valence-electron chi connectivity index (χ4n) is 4.95. The lowest BCUT2D eigenvalue weighted by molar-refractivity contribution is 0.0940. The summed E-state index contributed by atoms with van der Waals surface area (Å²) in [6.07, 6.45) is 9.81. The van der Waals surface area contributed by atoms with Gasteiger partial charge in [0.2, 0.25) is 0 Å². The molecule has 0 aliphatic heterocycles. The lowest BCUT2D eigenvalue weighted by atomic mass is 9.97. The molecule has 0 saturated carbocycles. The number of para-hydroxylation sites is 2. The van der Waals surface area contributed by atoms with Crippen molar-refractivity contribution >= 4 is 33.9 Å². The number of carbonyl (C=O) groups is 1. The third-order valence-corrected chi connectivity index (χ3v) is 6.95. The number of aryl methyl sites for hydroxylation is 2. The summed E-state index contributed by atoms with van der Waals surface area (Å²) in [5.74, 6) is 0.257. The van der Waals surface area contributed by atoms with Gasteiger partial charge in [0.15, 0.2) is 5.65 Å². The van der Waals surface area contributed by atoms with Gasteiger partial charge in [-0.25, -0.2) is 9.97 Å². The van der Waals surface area contributed by atoms with Gasteiger partial charge in [-0.1, -0.05) is 54.1 Å². The number of rotatable bonds is 8. The van der Waals surface area contributed by atoms with Gasteiger partial charge in [0.25, 0.3) is 5.91 Å². The van der Waals surface area contributed by atoms with Crippen molar-refractivity contribution in [3.63, 3.8) is 0 Å². The number of carbonyl (C=O) groups excluding carboxylic acids is 1. The molecule has 6 nitrogen and oxygen atoms in total. The van der Waals surface area contributed by atoms with E-state index in [1.165, 1.54) is 24.0 Å². The number of allylic oxidation sites excluding steroid dienone is 2. The summed E-state index contributed by atoms with van der Waals surface area (Å²) in [5, 5.41) is 3.15. The van der Waals surface area contributed by atoms with Crippen LogP contribution >= 0.6 is 0 Å². The van der Waals surface area contributed by atoms with Crippen LogP contribution in [0, 0.1) is 0 Å². The highest BCUT2D eigenvalue weighted by molar-refractivity contribution is 6.10. The molecule has 3 N–H and O–H groups in total. The second kappa shape index (κ2) is 10.3. The number of nitrogens with two attached hydrogens (primary N) is 1. The van der Waals surface area contributed by atoms with Crippen molar-refractivity contribution < 1.29 is 4.79 Å². The van der Waals surface area contributed by atoms with Crippen LogP contribution in [0.15, 0.2) is 66.2 Å². The number of nitrogens with zero attached hydrogens (tertiary/aromatic N) is 3. The zero-order chi connectivity index (χ0) is 24.2. The average molecular weight is 468 g/mol. The minimum Gasteiger partial charge on any atom is -0.384 e. The Morgan fingerprint density at radius 2 is 1.77 bits per heavy atom. The molecule has 2 heterocycles. The van der Waals surface area contributed by atoms with Gasteiger partial charge in [-0.2, -0.15) is 0 Å². The molecule has 1 aliphatic carbocycles. The molecule has 4 aromatic rings. The zero-order valence-corrected chi connectivity index (χ0v) is 20.3. The molecule has 1 atom stereocenters. The van der Waals surface area contributed by atoms with Crippen LogP contribution in [0.5, 0.6) is 0 Å². The predicted octanol–water partition coefficient (Wildman–Crippen LogP) is 5.81. The summed E-state index contributed by atoms with van der Waals surface area (Å²) in [5.41, 5.74) is 12.6. The molecule has 2 aromatic carbocycles. The first-order valence-electron chi connectivity index (χ1n) is 12.7. The Bertz CT molecular complexity index is 1370. The number of anilines is 1. The lowest BCUT2D eigenvalue weighted by Gasteiger charge is -2.15. The van der Waals surface area contributed by atoms with Crippen LogP contribution < -0.4 is 11.1 Å². The van der Waals surface area contributed by atoms with Gasteiger partial charge in [0.05, 0.1) is 11.0 Å². The van der Waals surface area contributed by atoms with Crippen LogP contribution in [-0.4, -0.2) is 26.5 Å². The van der Waals surface area contributed by atoms with Crippen molar-refractivity contribution in [1.82, 2.24) is 19.9 Å². The van der Waals surface area contributed by atoms with E-state index in [-0.39, 0.29) is 11.9 Å². The van der Waals surface area contributed by atoms with E-state index in [4.69, 9.17) is 15.7 Å². The van der Waals surface area contributed by atoms with Crippen LogP contribution in [0.1, 0.15) is 61.4 Å². The number of hydrogen-bond acceptors (Lipinski definition) is 4. The zero-order valence-electron chi connectivity index (χ0n) is 20.3. The Labute approximate surface area is 206 Å². The van der Waals surface area contributed by atoms with Crippen LogP contribution in [-0.2, 0) is 13.0 Å². The second-order valence-electron chi connectivity index (χ2n) is 9.55. The van der Waals surface area contributed by atoms with E-state index in [0.717, 1.165) is 43.1 Å². The van der Waals surface area contributed by atoms with E-state index in [1.807, 2.05) is 54.0 Å². The molecule has 0 saturated heterocycles. The molecule has 0 unspecified atom stereocenters. The molecular weight excluding hydrogens is 434 g/mol.